The fraction of sp³-hybridized carbons (Fsp3) is 0.476. The van der Waals surface area contributed by atoms with Crippen molar-refractivity contribution < 1.29 is 14.3 Å². The Morgan fingerprint density at radius 3 is 2.44 bits per heavy atom. The lowest BCUT2D eigenvalue weighted by Crippen LogP contribution is -2.39. The first-order valence-corrected chi connectivity index (χ1v) is 10.5. The van der Waals surface area contributed by atoms with Crippen LogP contribution in [0.1, 0.15) is 36.6 Å². The summed E-state index contributed by atoms with van der Waals surface area (Å²) in [5.41, 5.74) is 0. The standard InChI is InChI=1S/C21H28N2O3S/c1-25-17-8-10-18(11-9-17)26-16-21(24)22-15-19(20-7-6-14-27-20)23-12-4-2-3-5-13-23/h6-11,14,19H,2-5,12-13,15-16H2,1H3,(H,22,24)/t19-/m0/s1. The summed E-state index contributed by atoms with van der Waals surface area (Å²) in [6.45, 7) is 2.83. The highest BCUT2D eigenvalue weighted by atomic mass is 32.1. The Bertz CT molecular complexity index is 680. The first-order chi connectivity index (χ1) is 13.3. The molecule has 1 aromatic carbocycles. The first-order valence-electron chi connectivity index (χ1n) is 9.57. The smallest absolute Gasteiger partial charge is 0.258 e. The topological polar surface area (TPSA) is 50.8 Å². The zero-order chi connectivity index (χ0) is 18.9. The van der Waals surface area contributed by atoms with Crippen molar-refractivity contribution in [3.05, 3.63) is 46.7 Å². The van der Waals surface area contributed by atoms with E-state index in [1.54, 1.807) is 30.6 Å². The van der Waals surface area contributed by atoms with E-state index in [0.29, 0.717) is 12.3 Å². The number of likely N-dealkylation sites (tertiary alicyclic amines) is 1. The first kappa shape index (κ1) is 19.7. The number of ether oxygens (including phenoxy) is 2. The second kappa shape index (κ2) is 10.3. The van der Waals surface area contributed by atoms with Crippen LogP contribution in [0.3, 0.4) is 0 Å². The molecule has 5 nitrogen and oxygen atoms in total. The maximum absolute atomic E-state index is 12.3. The van der Waals surface area contributed by atoms with Crippen LogP contribution in [0.2, 0.25) is 0 Å². The molecule has 1 aliphatic heterocycles. The normalized spacial score (nSPS) is 16.3. The molecule has 27 heavy (non-hydrogen) atoms. The van der Waals surface area contributed by atoms with E-state index in [4.69, 9.17) is 9.47 Å². The Labute approximate surface area is 165 Å². The van der Waals surface area contributed by atoms with Gasteiger partial charge in [-0.05, 0) is 61.6 Å². The molecule has 1 amide bonds. The molecule has 1 aromatic heterocycles. The van der Waals surface area contributed by atoms with Crippen LogP contribution in [-0.2, 0) is 4.79 Å². The highest BCUT2D eigenvalue weighted by Crippen LogP contribution is 2.27. The van der Waals surface area contributed by atoms with E-state index in [1.807, 2.05) is 12.1 Å². The Morgan fingerprint density at radius 1 is 1.11 bits per heavy atom. The van der Waals surface area contributed by atoms with Gasteiger partial charge in [-0.2, -0.15) is 0 Å². The van der Waals surface area contributed by atoms with Gasteiger partial charge in [0, 0.05) is 11.4 Å². The number of amides is 1. The van der Waals surface area contributed by atoms with Crippen LogP contribution in [0.5, 0.6) is 11.5 Å². The Hall–Kier alpha value is -2.05. The second-order valence-electron chi connectivity index (χ2n) is 6.75. The van der Waals surface area contributed by atoms with Crippen molar-refractivity contribution in [2.75, 3.05) is 33.4 Å². The minimum Gasteiger partial charge on any atom is -0.497 e. The van der Waals surface area contributed by atoms with E-state index in [2.05, 4.69) is 27.7 Å². The summed E-state index contributed by atoms with van der Waals surface area (Å²) in [7, 11) is 1.62. The van der Waals surface area contributed by atoms with Crippen LogP contribution < -0.4 is 14.8 Å². The third kappa shape index (κ3) is 5.97. The second-order valence-corrected chi connectivity index (χ2v) is 7.73. The van der Waals surface area contributed by atoms with Crippen LogP contribution in [0.4, 0.5) is 0 Å². The molecule has 0 saturated carbocycles. The largest absolute Gasteiger partial charge is 0.497 e. The summed E-state index contributed by atoms with van der Waals surface area (Å²) in [4.78, 5) is 16.1. The number of hydrogen-bond acceptors (Lipinski definition) is 5. The SMILES string of the molecule is COc1ccc(OCC(=O)NC[C@@H](c2cccs2)N2CCCCCC2)cc1. The molecular formula is C21H28N2O3S. The Morgan fingerprint density at radius 2 is 1.81 bits per heavy atom. The number of nitrogens with one attached hydrogen (secondary N) is 1. The molecule has 0 bridgehead atoms. The van der Waals surface area contributed by atoms with Gasteiger partial charge in [-0.1, -0.05) is 18.9 Å². The predicted octanol–water partition coefficient (Wildman–Crippen LogP) is 3.87. The van der Waals surface area contributed by atoms with Crippen LogP contribution in [0.25, 0.3) is 0 Å². The Balaban J connectivity index is 1.52. The number of carbonyl (C=O) groups excluding carboxylic acids is 1. The van der Waals surface area contributed by atoms with Gasteiger partial charge < -0.3 is 14.8 Å². The summed E-state index contributed by atoms with van der Waals surface area (Å²) < 4.78 is 10.7. The highest BCUT2D eigenvalue weighted by Gasteiger charge is 2.23. The van der Waals surface area contributed by atoms with Crippen LogP contribution in [0, 0.1) is 0 Å². The maximum Gasteiger partial charge on any atom is 0.258 e. The summed E-state index contributed by atoms with van der Waals surface area (Å²) in [5, 5.41) is 5.16. The van der Waals surface area contributed by atoms with Crippen molar-refractivity contribution in [1.82, 2.24) is 10.2 Å². The van der Waals surface area contributed by atoms with E-state index < -0.39 is 0 Å². The number of nitrogens with zero attached hydrogens (tertiary/aromatic N) is 1. The van der Waals surface area contributed by atoms with Gasteiger partial charge in [0.05, 0.1) is 13.2 Å². The predicted molar refractivity (Wildman–Crippen MR) is 109 cm³/mol. The van der Waals surface area contributed by atoms with Crippen molar-refractivity contribution in [3.8, 4) is 11.5 Å². The molecule has 2 aromatic rings. The molecule has 1 aliphatic rings. The number of rotatable bonds is 8. The molecule has 3 rings (SSSR count). The van der Waals surface area contributed by atoms with Gasteiger partial charge in [0.2, 0.25) is 0 Å². The van der Waals surface area contributed by atoms with Crippen molar-refractivity contribution >= 4 is 17.2 Å². The van der Waals surface area contributed by atoms with Gasteiger partial charge >= 0.3 is 0 Å². The lowest BCUT2D eigenvalue weighted by Gasteiger charge is -2.30. The summed E-state index contributed by atoms with van der Waals surface area (Å²) in [6, 6.07) is 11.7. The molecule has 1 fully saturated rings. The third-order valence-electron chi connectivity index (χ3n) is 4.87. The maximum atomic E-state index is 12.3. The number of methoxy groups -OCH3 is 1. The third-order valence-corrected chi connectivity index (χ3v) is 5.85. The van der Waals surface area contributed by atoms with Gasteiger partial charge in [0.1, 0.15) is 11.5 Å². The zero-order valence-electron chi connectivity index (χ0n) is 15.9. The number of hydrogen-bond donors (Lipinski definition) is 1. The van der Waals surface area contributed by atoms with E-state index in [9.17, 15) is 4.79 Å². The molecule has 0 aliphatic carbocycles. The van der Waals surface area contributed by atoms with Gasteiger partial charge in [-0.25, -0.2) is 0 Å². The van der Waals surface area contributed by atoms with E-state index in [0.717, 1.165) is 18.8 Å². The number of thiophene rings is 1. The van der Waals surface area contributed by atoms with E-state index in [-0.39, 0.29) is 18.6 Å². The fourth-order valence-electron chi connectivity index (χ4n) is 3.38. The Kier molecular flexibility index (Phi) is 7.54. The molecule has 6 heteroatoms. The van der Waals surface area contributed by atoms with Crippen LogP contribution in [0.15, 0.2) is 41.8 Å². The van der Waals surface area contributed by atoms with Crippen molar-refractivity contribution in [1.29, 1.82) is 0 Å². The molecule has 0 spiro atoms. The van der Waals surface area contributed by atoms with Crippen molar-refractivity contribution in [2.45, 2.75) is 31.7 Å². The number of carbonyl (C=O) groups is 1. The lowest BCUT2D eigenvalue weighted by molar-refractivity contribution is -0.123. The molecule has 146 valence electrons. The van der Waals surface area contributed by atoms with Crippen LogP contribution >= 0.6 is 11.3 Å². The molecule has 1 N–H and O–H groups in total. The van der Waals surface area contributed by atoms with Gasteiger partial charge in [-0.3, -0.25) is 9.69 Å². The molecule has 1 atom stereocenters. The van der Waals surface area contributed by atoms with Crippen molar-refractivity contribution in [2.24, 2.45) is 0 Å². The van der Waals surface area contributed by atoms with E-state index >= 15 is 0 Å². The summed E-state index contributed by atoms with van der Waals surface area (Å²) in [5.74, 6) is 1.33. The molecule has 2 heterocycles. The number of benzene rings is 1. The lowest BCUT2D eigenvalue weighted by atomic mass is 10.2. The summed E-state index contributed by atoms with van der Waals surface area (Å²) in [6.07, 6.45) is 5.07. The molecule has 0 radical (unpaired) electrons. The van der Waals surface area contributed by atoms with Gasteiger partial charge in [0.25, 0.3) is 5.91 Å². The van der Waals surface area contributed by atoms with Crippen molar-refractivity contribution in [3.63, 3.8) is 0 Å². The van der Waals surface area contributed by atoms with Crippen LogP contribution in [-0.4, -0.2) is 44.2 Å². The zero-order valence-corrected chi connectivity index (χ0v) is 16.7. The quantitative estimate of drug-likeness (QED) is 0.746. The molecular weight excluding hydrogens is 360 g/mol. The van der Waals surface area contributed by atoms with E-state index in [1.165, 1.54) is 30.6 Å². The summed E-state index contributed by atoms with van der Waals surface area (Å²) >= 11 is 1.76. The van der Waals surface area contributed by atoms with Gasteiger partial charge in [-0.15, -0.1) is 11.3 Å². The molecule has 0 unspecified atom stereocenters. The minimum atomic E-state index is -0.0952. The average Bonchev–Trinajstić information content (AvgIpc) is 3.10. The minimum absolute atomic E-state index is 0.0174. The fourth-order valence-corrected chi connectivity index (χ4v) is 4.24. The molecule has 1 saturated heterocycles. The van der Waals surface area contributed by atoms with Gasteiger partial charge in [0.15, 0.2) is 6.61 Å². The average molecular weight is 389 g/mol. The monoisotopic (exact) mass is 388 g/mol. The highest BCUT2D eigenvalue weighted by molar-refractivity contribution is 7.10.